The Hall–Kier alpha value is -2.05. The van der Waals surface area contributed by atoms with Crippen LogP contribution in [0.25, 0.3) is 6.08 Å². The summed E-state index contributed by atoms with van der Waals surface area (Å²) in [7, 11) is 0. The number of rotatable bonds is 2. The first-order chi connectivity index (χ1) is 13.8. The van der Waals surface area contributed by atoms with Gasteiger partial charge in [0, 0.05) is 15.6 Å². The van der Waals surface area contributed by atoms with E-state index in [-0.39, 0.29) is 16.7 Å². The number of hydrogen-bond acceptors (Lipinski definition) is 4. The summed E-state index contributed by atoms with van der Waals surface area (Å²) < 4.78 is 0.979. The molecule has 4 nitrogen and oxygen atoms in total. The van der Waals surface area contributed by atoms with E-state index in [9.17, 15) is 9.90 Å². The Balaban J connectivity index is 2.00. The predicted octanol–water partition coefficient (Wildman–Crippen LogP) is 6.64. The molecule has 1 amide bonds. The summed E-state index contributed by atoms with van der Waals surface area (Å²) >= 11 is 4.73. The van der Waals surface area contributed by atoms with Crippen LogP contribution in [-0.4, -0.2) is 16.2 Å². The van der Waals surface area contributed by atoms with Crippen molar-refractivity contribution in [2.24, 2.45) is 4.99 Å². The Bertz CT molecular complexity index is 1010. The first-order valence-electron chi connectivity index (χ1n) is 9.78. The van der Waals surface area contributed by atoms with Crippen LogP contribution in [0.3, 0.4) is 0 Å². The maximum Gasteiger partial charge on any atom is 0.264 e. The van der Waals surface area contributed by atoms with Crippen LogP contribution in [0.2, 0.25) is 0 Å². The number of amidine groups is 1. The van der Waals surface area contributed by atoms with Gasteiger partial charge < -0.3 is 10.4 Å². The van der Waals surface area contributed by atoms with E-state index in [1.807, 2.05) is 42.5 Å². The van der Waals surface area contributed by atoms with E-state index in [0.29, 0.717) is 15.8 Å². The van der Waals surface area contributed by atoms with E-state index in [0.717, 1.165) is 26.9 Å². The van der Waals surface area contributed by atoms with Gasteiger partial charge >= 0.3 is 0 Å². The molecule has 1 aliphatic heterocycles. The molecule has 0 atom stereocenters. The van der Waals surface area contributed by atoms with Crippen LogP contribution in [0.15, 0.2) is 50.8 Å². The molecule has 158 valence electrons. The predicted molar refractivity (Wildman–Crippen MR) is 130 cm³/mol. The van der Waals surface area contributed by atoms with Gasteiger partial charge in [0.2, 0.25) is 0 Å². The summed E-state index contributed by atoms with van der Waals surface area (Å²) in [6.45, 7) is 12.4. The third-order valence-corrected chi connectivity index (χ3v) is 6.19. The fraction of sp³-hybridized carbons (Fsp3) is 0.333. The minimum atomic E-state index is -0.224. The number of carbonyl (C=O) groups is 1. The van der Waals surface area contributed by atoms with Crippen molar-refractivity contribution in [2.45, 2.75) is 52.4 Å². The molecule has 2 N–H and O–H groups in total. The summed E-state index contributed by atoms with van der Waals surface area (Å²) in [5, 5.41) is 14.3. The van der Waals surface area contributed by atoms with Crippen molar-refractivity contribution < 1.29 is 9.90 Å². The van der Waals surface area contributed by atoms with Crippen molar-refractivity contribution in [3.05, 3.63) is 62.5 Å². The lowest BCUT2D eigenvalue weighted by Gasteiger charge is -2.28. The molecule has 1 aliphatic rings. The summed E-state index contributed by atoms with van der Waals surface area (Å²) in [6, 6.07) is 11.5. The molecule has 1 fully saturated rings. The second-order valence-corrected chi connectivity index (χ2v) is 11.4. The van der Waals surface area contributed by atoms with Gasteiger partial charge in [0.1, 0.15) is 5.75 Å². The molecule has 1 heterocycles. The molecular weight excluding hydrogens is 460 g/mol. The fourth-order valence-electron chi connectivity index (χ4n) is 3.15. The number of amides is 1. The van der Waals surface area contributed by atoms with Gasteiger partial charge in [-0.3, -0.25) is 4.79 Å². The van der Waals surface area contributed by atoms with Gasteiger partial charge in [-0.15, -0.1) is 0 Å². The molecule has 2 aromatic carbocycles. The number of aliphatic imine (C=N–C) groups is 1. The maximum absolute atomic E-state index is 12.5. The zero-order valence-corrected chi connectivity index (χ0v) is 20.5. The highest BCUT2D eigenvalue weighted by Crippen LogP contribution is 2.40. The van der Waals surface area contributed by atoms with Crippen molar-refractivity contribution in [3.63, 3.8) is 0 Å². The van der Waals surface area contributed by atoms with Crippen LogP contribution in [0.1, 0.15) is 58.2 Å². The largest absolute Gasteiger partial charge is 0.507 e. The molecule has 0 aliphatic carbocycles. The van der Waals surface area contributed by atoms with E-state index in [1.54, 1.807) is 0 Å². The zero-order chi connectivity index (χ0) is 22.3. The summed E-state index contributed by atoms with van der Waals surface area (Å²) in [5.41, 5.74) is 2.96. The lowest BCUT2D eigenvalue weighted by Crippen LogP contribution is -2.19. The van der Waals surface area contributed by atoms with Gasteiger partial charge in [-0.25, -0.2) is 4.99 Å². The quantitative estimate of drug-likeness (QED) is 0.467. The first kappa shape index (κ1) is 22.6. The normalized spacial score (nSPS) is 17.6. The van der Waals surface area contributed by atoms with Crippen LogP contribution in [0, 0.1) is 0 Å². The van der Waals surface area contributed by atoms with Crippen LogP contribution >= 0.6 is 27.7 Å². The molecule has 2 aromatic rings. The lowest BCUT2D eigenvalue weighted by molar-refractivity contribution is -0.115. The molecule has 3 rings (SSSR count). The average molecular weight is 487 g/mol. The monoisotopic (exact) mass is 486 g/mol. The molecule has 0 unspecified atom stereocenters. The second kappa shape index (κ2) is 8.23. The molecule has 0 aromatic heterocycles. The SMILES string of the molecule is CC(C)(C)c1cc(/C=C2\SC(=Nc3ccc(Br)cc3)NC2=O)cc(C(C)(C)C)c1O. The molecular formula is C24H27BrN2O2S. The number of phenols is 1. The number of aromatic hydroxyl groups is 1. The summed E-state index contributed by atoms with van der Waals surface area (Å²) in [6.07, 6.45) is 1.87. The van der Waals surface area contributed by atoms with Crippen LogP contribution in [0.5, 0.6) is 5.75 Å². The molecule has 6 heteroatoms. The van der Waals surface area contributed by atoms with Gasteiger partial charge in [-0.2, -0.15) is 0 Å². The van der Waals surface area contributed by atoms with Crippen molar-refractivity contribution in [1.82, 2.24) is 5.32 Å². The zero-order valence-electron chi connectivity index (χ0n) is 18.1. The highest BCUT2D eigenvalue weighted by Gasteiger charge is 2.28. The van der Waals surface area contributed by atoms with E-state index in [4.69, 9.17) is 0 Å². The van der Waals surface area contributed by atoms with Gasteiger partial charge in [0.15, 0.2) is 5.17 Å². The Morgan fingerprint density at radius 3 is 2.03 bits per heavy atom. The Morgan fingerprint density at radius 1 is 1.00 bits per heavy atom. The lowest BCUT2D eigenvalue weighted by atomic mass is 9.78. The number of thioether (sulfide) groups is 1. The number of nitrogens with one attached hydrogen (secondary N) is 1. The number of phenolic OH excluding ortho intramolecular Hbond substituents is 1. The maximum atomic E-state index is 12.5. The molecule has 0 spiro atoms. The van der Waals surface area contributed by atoms with Gasteiger partial charge in [-0.05, 0) is 70.6 Å². The van der Waals surface area contributed by atoms with Crippen molar-refractivity contribution in [1.29, 1.82) is 0 Å². The number of carbonyl (C=O) groups excluding carboxylic acids is 1. The van der Waals surface area contributed by atoms with E-state index < -0.39 is 0 Å². The Kier molecular flexibility index (Phi) is 6.21. The molecule has 30 heavy (non-hydrogen) atoms. The number of nitrogens with zero attached hydrogens (tertiary/aromatic N) is 1. The summed E-state index contributed by atoms with van der Waals surface area (Å²) in [4.78, 5) is 17.6. The van der Waals surface area contributed by atoms with Crippen molar-refractivity contribution in [3.8, 4) is 5.75 Å². The smallest absolute Gasteiger partial charge is 0.264 e. The fourth-order valence-corrected chi connectivity index (χ4v) is 4.25. The Labute approximate surface area is 191 Å². The van der Waals surface area contributed by atoms with E-state index in [1.165, 1.54) is 11.8 Å². The number of halogens is 1. The van der Waals surface area contributed by atoms with Crippen LogP contribution < -0.4 is 5.32 Å². The van der Waals surface area contributed by atoms with Crippen molar-refractivity contribution >= 4 is 50.5 Å². The first-order valence-corrected chi connectivity index (χ1v) is 11.4. The standard InChI is InChI=1S/C24H27BrN2O2S/c1-23(2,3)17-11-14(12-18(20(17)28)24(4,5)6)13-19-21(29)27-22(30-19)26-16-9-7-15(25)8-10-16/h7-13,28H,1-6H3,(H,26,27,29)/b19-13-. The molecule has 0 saturated carbocycles. The van der Waals surface area contributed by atoms with E-state index in [2.05, 4.69) is 67.8 Å². The average Bonchev–Trinajstić information content (AvgIpc) is 2.95. The van der Waals surface area contributed by atoms with Gasteiger partial charge in [-0.1, -0.05) is 57.5 Å². The highest BCUT2D eigenvalue weighted by molar-refractivity contribution is 9.10. The minimum absolute atomic E-state index is 0.168. The molecule has 0 radical (unpaired) electrons. The van der Waals surface area contributed by atoms with Crippen LogP contribution in [-0.2, 0) is 15.6 Å². The van der Waals surface area contributed by atoms with E-state index >= 15 is 0 Å². The minimum Gasteiger partial charge on any atom is -0.507 e. The summed E-state index contributed by atoms with van der Waals surface area (Å²) in [5.74, 6) is 0.164. The van der Waals surface area contributed by atoms with Gasteiger partial charge in [0.05, 0.1) is 10.6 Å². The Morgan fingerprint density at radius 2 is 1.53 bits per heavy atom. The third kappa shape index (κ3) is 5.16. The number of hydrogen-bond donors (Lipinski definition) is 2. The molecule has 0 bridgehead atoms. The van der Waals surface area contributed by atoms with Crippen molar-refractivity contribution in [2.75, 3.05) is 0 Å². The van der Waals surface area contributed by atoms with Crippen LogP contribution in [0.4, 0.5) is 5.69 Å². The van der Waals surface area contributed by atoms with Gasteiger partial charge in [0.25, 0.3) is 5.91 Å². The second-order valence-electron chi connectivity index (χ2n) is 9.42. The number of benzene rings is 2. The molecule has 1 saturated heterocycles. The highest BCUT2D eigenvalue weighted by atomic mass is 79.9. The third-order valence-electron chi connectivity index (χ3n) is 4.75. The topological polar surface area (TPSA) is 61.7 Å².